The van der Waals surface area contributed by atoms with E-state index in [9.17, 15) is 4.79 Å². The number of H-pyrrole nitrogens is 1. The average Bonchev–Trinajstić information content (AvgIpc) is 3.06. The van der Waals surface area contributed by atoms with Crippen LogP contribution < -0.4 is 5.32 Å². The molecule has 5 nitrogen and oxygen atoms in total. The summed E-state index contributed by atoms with van der Waals surface area (Å²) in [6.07, 6.45) is 1.99. The monoisotopic (exact) mass is 279 g/mol. The van der Waals surface area contributed by atoms with Gasteiger partial charge in [-0.2, -0.15) is 0 Å². The third kappa shape index (κ3) is 3.65. The normalized spacial score (nSPS) is 12.3. The molecule has 2 heterocycles. The van der Waals surface area contributed by atoms with Crippen molar-refractivity contribution in [3.8, 4) is 0 Å². The third-order valence-electron chi connectivity index (χ3n) is 2.94. The molecule has 0 saturated heterocycles. The van der Waals surface area contributed by atoms with Crippen molar-refractivity contribution in [3.63, 3.8) is 0 Å². The number of imidazole rings is 1. The zero-order chi connectivity index (χ0) is 13.7. The maximum atomic E-state index is 11.5. The van der Waals surface area contributed by atoms with Gasteiger partial charge >= 0.3 is 5.97 Å². The van der Waals surface area contributed by atoms with Crippen LogP contribution in [0.1, 0.15) is 28.7 Å². The van der Waals surface area contributed by atoms with E-state index in [1.54, 1.807) is 17.7 Å². The van der Waals surface area contributed by atoms with Gasteiger partial charge in [0.15, 0.2) is 0 Å². The summed E-state index contributed by atoms with van der Waals surface area (Å²) in [4.78, 5) is 19.9. The van der Waals surface area contributed by atoms with Crippen molar-refractivity contribution in [2.45, 2.75) is 25.9 Å². The summed E-state index contributed by atoms with van der Waals surface area (Å²) in [6, 6.07) is 3.96. The molecule has 0 aliphatic rings. The first-order valence-electron chi connectivity index (χ1n) is 6.03. The van der Waals surface area contributed by atoms with E-state index in [4.69, 9.17) is 4.74 Å². The van der Waals surface area contributed by atoms with Gasteiger partial charge in [-0.1, -0.05) is 6.07 Å². The van der Waals surface area contributed by atoms with E-state index in [2.05, 4.69) is 15.3 Å². The van der Waals surface area contributed by atoms with Crippen LogP contribution in [0.3, 0.4) is 0 Å². The lowest BCUT2D eigenvalue weighted by Gasteiger charge is -2.15. The number of aryl methyl sites for hydroxylation is 1. The Morgan fingerprint density at radius 1 is 1.63 bits per heavy atom. The SMILES string of the molecule is COC(=O)CC(NCc1nc[nH]c1C)c1cccs1. The number of hydrogen-bond acceptors (Lipinski definition) is 5. The molecule has 2 aromatic heterocycles. The molecule has 1 atom stereocenters. The van der Waals surface area contributed by atoms with Crippen molar-refractivity contribution >= 4 is 17.3 Å². The quantitative estimate of drug-likeness (QED) is 0.795. The van der Waals surface area contributed by atoms with Gasteiger partial charge in [0, 0.05) is 17.1 Å². The molecule has 0 spiro atoms. The van der Waals surface area contributed by atoms with Gasteiger partial charge in [-0.25, -0.2) is 4.98 Å². The molecule has 2 aromatic rings. The average molecular weight is 279 g/mol. The number of rotatable bonds is 6. The standard InChI is InChI=1S/C13H17N3O2S/c1-9-11(16-8-15-9)7-14-10(6-13(17)18-2)12-4-3-5-19-12/h3-5,8,10,14H,6-7H2,1-2H3,(H,15,16). The molecule has 19 heavy (non-hydrogen) atoms. The Labute approximate surface area is 116 Å². The van der Waals surface area contributed by atoms with Gasteiger partial charge in [-0.3, -0.25) is 4.79 Å². The highest BCUT2D eigenvalue weighted by atomic mass is 32.1. The highest BCUT2D eigenvalue weighted by Crippen LogP contribution is 2.23. The fraction of sp³-hybridized carbons (Fsp3) is 0.385. The fourth-order valence-corrected chi connectivity index (χ4v) is 2.60. The second-order valence-electron chi connectivity index (χ2n) is 4.20. The van der Waals surface area contributed by atoms with Crippen LogP contribution in [0.4, 0.5) is 0 Å². The highest BCUT2D eigenvalue weighted by Gasteiger charge is 2.17. The number of thiophene rings is 1. The summed E-state index contributed by atoms with van der Waals surface area (Å²) < 4.78 is 4.74. The number of hydrogen-bond donors (Lipinski definition) is 2. The van der Waals surface area contributed by atoms with E-state index >= 15 is 0 Å². The summed E-state index contributed by atoms with van der Waals surface area (Å²) in [7, 11) is 1.41. The van der Waals surface area contributed by atoms with Crippen LogP contribution in [0.15, 0.2) is 23.8 Å². The zero-order valence-electron chi connectivity index (χ0n) is 11.0. The number of nitrogens with zero attached hydrogens (tertiary/aromatic N) is 1. The number of ether oxygens (including phenoxy) is 1. The minimum absolute atomic E-state index is 0.0384. The van der Waals surface area contributed by atoms with E-state index in [1.165, 1.54) is 7.11 Å². The first-order valence-corrected chi connectivity index (χ1v) is 6.91. The molecule has 0 aliphatic carbocycles. The number of aromatic nitrogens is 2. The molecule has 0 saturated carbocycles. The summed E-state index contributed by atoms with van der Waals surface area (Å²) in [5, 5.41) is 5.36. The lowest BCUT2D eigenvalue weighted by atomic mass is 10.1. The molecule has 0 aromatic carbocycles. The van der Waals surface area contributed by atoms with Crippen LogP contribution >= 0.6 is 11.3 Å². The van der Waals surface area contributed by atoms with Crippen molar-refractivity contribution < 1.29 is 9.53 Å². The van der Waals surface area contributed by atoms with Crippen molar-refractivity contribution in [3.05, 3.63) is 40.1 Å². The van der Waals surface area contributed by atoms with E-state index < -0.39 is 0 Å². The number of aromatic amines is 1. The Balaban J connectivity index is 2.02. The minimum Gasteiger partial charge on any atom is -0.469 e. The van der Waals surface area contributed by atoms with Crippen molar-refractivity contribution in [1.82, 2.24) is 15.3 Å². The topological polar surface area (TPSA) is 67.0 Å². The van der Waals surface area contributed by atoms with Crippen molar-refractivity contribution in [1.29, 1.82) is 0 Å². The van der Waals surface area contributed by atoms with Crippen LogP contribution in [-0.2, 0) is 16.1 Å². The Morgan fingerprint density at radius 3 is 3.05 bits per heavy atom. The Bertz CT molecular complexity index is 522. The maximum Gasteiger partial charge on any atom is 0.307 e. The predicted molar refractivity (Wildman–Crippen MR) is 73.9 cm³/mol. The summed E-state index contributed by atoms with van der Waals surface area (Å²) in [6.45, 7) is 2.60. The first-order chi connectivity index (χ1) is 9.20. The molecule has 0 aliphatic heterocycles. The Kier molecular flexibility index (Phi) is 4.70. The molecule has 0 radical (unpaired) electrons. The lowest BCUT2D eigenvalue weighted by Crippen LogP contribution is -2.23. The number of carbonyl (C=O) groups excluding carboxylic acids is 1. The Hall–Kier alpha value is -1.66. The molecule has 102 valence electrons. The zero-order valence-corrected chi connectivity index (χ0v) is 11.8. The molecule has 1 unspecified atom stereocenters. The van der Waals surface area contributed by atoms with E-state index in [0.29, 0.717) is 13.0 Å². The molecular formula is C13H17N3O2S. The van der Waals surface area contributed by atoms with Gasteiger partial charge in [0.05, 0.1) is 31.6 Å². The largest absolute Gasteiger partial charge is 0.469 e. The number of esters is 1. The van der Waals surface area contributed by atoms with Crippen LogP contribution in [0.25, 0.3) is 0 Å². The molecule has 0 amide bonds. The van der Waals surface area contributed by atoms with E-state index in [0.717, 1.165) is 16.3 Å². The smallest absolute Gasteiger partial charge is 0.307 e. The molecule has 0 bridgehead atoms. The number of methoxy groups -OCH3 is 1. The molecule has 0 fully saturated rings. The van der Waals surface area contributed by atoms with Gasteiger partial charge in [0.2, 0.25) is 0 Å². The number of nitrogens with one attached hydrogen (secondary N) is 2. The maximum absolute atomic E-state index is 11.5. The lowest BCUT2D eigenvalue weighted by molar-refractivity contribution is -0.141. The second kappa shape index (κ2) is 6.49. The van der Waals surface area contributed by atoms with Crippen molar-refractivity contribution in [2.24, 2.45) is 0 Å². The van der Waals surface area contributed by atoms with Crippen LogP contribution in [0, 0.1) is 6.92 Å². The number of carbonyl (C=O) groups is 1. The predicted octanol–water partition coefficient (Wildman–Crippen LogP) is 2.17. The Morgan fingerprint density at radius 2 is 2.47 bits per heavy atom. The summed E-state index contributed by atoms with van der Waals surface area (Å²) in [5.74, 6) is -0.218. The molecule has 6 heteroatoms. The molecule has 2 N–H and O–H groups in total. The molecule has 2 rings (SSSR count). The van der Waals surface area contributed by atoms with Gasteiger partial charge in [-0.15, -0.1) is 11.3 Å². The fourth-order valence-electron chi connectivity index (χ4n) is 1.80. The first kappa shape index (κ1) is 13.8. The van der Waals surface area contributed by atoms with Crippen LogP contribution in [-0.4, -0.2) is 23.0 Å². The summed E-state index contributed by atoms with van der Waals surface area (Å²) >= 11 is 1.63. The van der Waals surface area contributed by atoms with Crippen LogP contribution in [0.2, 0.25) is 0 Å². The van der Waals surface area contributed by atoms with Crippen LogP contribution in [0.5, 0.6) is 0 Å². The van der Waals surface area contributed by atoms with E-state index in [-0.39, 0.29) is 12.0 Å². The van der Waals surface area contributed by atoms with Gasteiger partial charge in [0.25, 0.3) is 0 Å². The minimum atomic E-state index is -0.218. The molecular weight excluding hydrogens is 262 g/mol. The van der Waals surface area contributed by atoms with Crippen molar-refractivity contribution in [2.75, 3.05) is 7.11 Å². The summed E-state index contributed by atoms with van der Waals surface area (Å²) in [5.41, 5.74) is 2.00. The van der Waals surface area contributed by atoms with Gasteiger partial charge < -0.3 is 15.0 Å². The van der Waals surface area contributed by atoms with Gasteiger partial charge in [0.1, 0.15) is 0 Å². The highest BCUT2D eigenvalue weighted by molar-refractivity contribution is 7.10. The second-order valence-corrected chi connectivity index (χ2v) is 5.18. The van der Waals surface area contributed by atoms with E-state index in [1.807, 2.05) is 24.4 Å². The van der Waals surface area contributed by atoms with Gasteiger partial charge in [-0.05, 0) is 18.4 Å². The third-order valence-corrected chi connectivity index (χ3v) is 3.92.